The third-order valence-corrected chi connectivity index (χ3v) is 6.72. The Morgan fingerprint density at radius 2 is 1.90 bits per heavy atom. The van der Waals surface area contributed by atoms with E-state index in [0.717, 1.165) is 10.0 Å². The quantitative estimate of drug-likeness (QED) is 0.471. The molecule has 0 bridgehead atoms. The van der Waals surface area contributed by atoms with Crippen LogP contribution in [-0.2, 0) is 24.2 Å². The molecule has 6 nitrogen and oxygen atoms in total. The average Bonchev–Trinajstić information content (AvgIpc) is 3.05. The number of benzene rings is 2. The van der Waals surface area contributed by atoms with E-state index in [1.54, 1.807) is 30.3 Å². The molecule has 1 unspecified atom stereocenters. The van der Waals surface area contributed by atoms with Gasteiger partial charge in [0.05, 0.1) is 17.5 Å². The molecule has 1 saturated heterocycles. The summed E-state index contributed by atoms with van der Waals surface area (Å²) in [6.45, 7) is -0.465. The fraction of sp³-hybridized carbons (Fsp3) is 0.238. The molecular formula is C21H20BrNO5S. The van der Waals surface area contributed by atoms with Crippen LogP contribution >= 0.6 is 15.9 Å². The number of carbonyl (C=O) groups is 2. The number of ether oxygens (including phenoxy) is 1. The summed E-state index contributed by atoms with van der Waals surface area (Å²) < 4.78 is 29.7. The zero-order valence-electron chi connectivity index (χ0n) is 15.5. The number of amides is 1. The molecule has 0 spiro atoms. The van der Waals surface area contributed by atoms with Gasteiger partial charge < -0.3 is 9.64 Å². The number of carbonyl (C=O) groups excluding carboxylic acids is 2. The molecule has 1 amide bonds. The third-order valence-electron chi connectivity index (χ3n) is 4.48. The maximum Gasteiger partial charge on any atom is 0.331 e. The van der Waals surface area contributed by atoms with E-state index in [1.165, 1.54) is 11.0 Å². The summed E-state index contributed by atoms with van der Waals surface area (Å²) in [6.07, 6.45) is 3.21. The van der Waals surface area contributed by atoms with E-state index in [4.69, 9.17) is 4.74 Å². The van der Waals surface area contributed by atoms with Gasteiger partial charge in [-0.05, 0) is 42.3 Å². The maximum atomic E-state index is 12.8. The van der Waals surface area contributed by atoms with Crippen LogP contribution in [0.1, 0.15) is 12.0 Å². The number of para-hydroxylation sites is 1. The van der Waals surface area contributed by atoms with Gasteiger partial charge in [-0.15, -0.1) is 0 Å². The second-order valence-corrected chi connectivity index (χ2v) is 9.80. The second-order valence-electron chi connectivity index (χ2n) is 6.65. The van der Waals surface area contributed by atoms with Crippen LogP contribution in [0.15, 0.2) is 65.1 Å². The van der Waals surface area contributed by atoms with Gasteiger partial charge in [-0.2, -0.15) is 0 Å². The number of halogens is 1. The lowest BCUT2D eigenvalue weighted by Crippen LogP contribution is -2.43. The highest BCUT2D eigenvalue weighted by molar-refractivity contribution is 9.10. The van der Waals surface area contributed by atoms with Crippen LogP contribution in [0.3, 0.4) is 0 Å². The van der Waals surface area contributed by atoms with Crippen molar-refractivity contribution in [1.82, 2.24) is 0 Å². The number of anilines is 1. The highest BCUT2D eigenvalue weighted by Crippen LogP contribution is 2.24. The fourth-order valence-corrected chi connectivity index (χ4v) is 5.27. The topological polar surface area (TPSA) is 80.8 Å². The lowest BCUT2D eigenvalue weighted by atomic mass is 10.2. The molecule has 2 aromatic rings. The monoisotopic (exact) mass is 477 g/mol. The van der Waals surface area contributed by atoms with Crippen molar-refractivity contribution >= 4 is 49.4 Å². The molecule has 2 aromatic carbocycles. The van der Waals surface area contributed by atoms with Gasteiger partial charge in [0.15, 0.2) is 16.4 Å². The molecular weight excluding hydrogens is 458 g/mol. The van der Waals surface area contributed by atoms with Crippen molar-refractivity contribution < 1.29 is 22.7 Å². The zero-order valence-corrected chi connectivity index (χ0v) is 17.9. The lowest BCUT2D eigenvalue weighted by molar-refractivity contribution is -0.143. The summed E-state index contributed by atoms with van der Waals surface area (Å²) in [6, 6.07) is 15.7. The zero-order chi connectivity index (χ0) is 20.9. The number of hydrogen-bond donors (Lipinski definition) is 0. The molecule has 0 saturated carbocycles. The van der Waals surface area contributed by atoms with Gasteiger partial charge >= 0.3 is 5.97 Å². The van der Waals surface area contributed by atoms with Crippen molar-refractivity contribution in [2.45, 2.75) is 12.5 Å². The first-order valence-electron chi connectivity index (χ1n) is 9.02. The van der Waals surface area contributed by atoms with E-state index in [0.29, 0.717) is 12.1 Å². The van der Waals surface area contributed by atoms with Gasteiger partial charge in [0, 0.05) is 16.2 Å². The average molecular weight is 478 g/mol. The molecule has 1 aliphatic heterocycles. The Morgan fingerprint density at radius 1 is 1.14 bits per heavy atom. The van der Waals surface area contributed by atoms with Crippen molar-refractivity contribution in [3.05, 3.63) is 70.7 Å². The fourth-order valence-electron chi connectivity index (χ4n) is 3.15. The highest BCUT2D eigenvalue weighted by Gasteiger charge is 2.35. The number of nitrogens with zero attached hydrogens (tertiary/aromatic N) is 1. The largest absolute Gasteiger partial charge is 0.452 e. The van der Waals surface area contributed by atoms with Crippen LogP contribution in [0.25, 0.3) is 6.08 Å². The van der Waals surface area contributed by atoms with Gasteiger partial charge in [-0.3, -0.25) is 4.79 Å². The van der Waals surface area contributed by atoms with E-state index in [2.05, 4.69) is 15.9 Å². The number of hydrogen-bond acceptors (Lipinski definition) is 5. The molecule has 3 rings (SSSR count). The summed E-state index contributed by atoms with van der Waals surface area (Å²) in [5.74, 6) is -1.15. The number of sulfone groups is 1. The first-order chi connectivity index (χ1) is 13.8. The normalized spacial score (nSPS) is 17.9. The van der Waals surface area contributed by atoms with E-state index in [9.17, 15) is 18.0 Å². The Hall–Kier alpha value is -2.45. The summed E-state index contributed by atoms with van der Waals surface area (Å²) in [7, 11) is -3.17. The van der Waals surface area contributed by atoms with Crippen LogP contribution in [0.2, 0.25) is 0 Å². The Morgan fingerprint density at radius 3 is 2.55 bits per heavy atom. The third kappa shape index (κ3) is 6.01. The Labute approximate surface area is 178 Å². The Bertz CT molecular complexity index is 1020. The number of esters is 1. The molecule has 1 aliphatic rings. The van der Waals surface area contributed by atoms with Crippen molar-refractivity contribution in [3.63, 3.8) is 0 Å². The van der Waals surface area contributed by atoms with Gasteiger partial charge in [0.25, 0.3) is 5.91 Å². The van der Waals surface area contributed by atoms with Crippen LogP contribution in [-0.4, -0.2) is 44.4 Å². The summed E-state index contributed by atoms with van der Waals surface area (Å²) in [4.78, 5) is 26.2. The lowest BCUT2D eigenvalue weighted by Gasteiger charge is -2.28. The van der Waals surface area contributed by atoms with Crippen molar-refractivity contribution in [3.8, 4) is 0 Å². The van der Waals surface area contributed by atoms with E-state index >= 15 is 0 Å². The first kappa shape index (κ1) is 21.3. The van der Waals surface area contributed by atoms with E-state index < -0.39 is 34.4 Å². The highest BCUT2D eigenvalue weighted by atomic mass is 79.9. The smallest absolute Gasteiger partial charge is 0.331 e. The van der Waals surface area contributed by atoms with Gasteiger partial charge in [-0.25, -0.2) is 13.2 Å². The molecule has 0 aromatic heterocycles. The Kier molecular flexibility index (Phi) is 6.87. The molecule has 8 heteroatoms. The minimum absolute atomic E-state index is 0.0451. The predicted molar refractivity (Wildman–Crippen MR) is 115 cm³/mol. The Balaban J connectivity index is 1.66. The minimum atomic E-state index is -3.17. The van der Waals surface area contributed by atoms with E-state index in [-0.39, 0.29) is 11.5 Å². The van der Waals surface area contributed by atoms with Crippen molar-refractivity contribution in [2.24, 2.45) is 0 Å². The van der Waals surface area contributed by atoms with Crippen LogP contribution in [0, 0.1) is 0 Å². The van der Waals surface area contributed by atoms with E-state index in [1.807, 2.05) is 30.3 Å². The minimum Gasteiger partial charge on any atom is -0.452 e. The first-order valence-corrected chi connectivity index (χ1v) is 11.6. The number of rotatable bonds is 6. The van der Waals surface area contributed by atoms with Gasteiger partial charge in [0.1, 0.15) is 0 Å². The van der Waals surface area contributed by atoms with Gasteiger partial charge in [-0.1, -0.05) is 46.3 Å². The summed E-state index contributed by atoms with van der Waals surface area (Å²) in [5.41, 5.74) is 1.39. The van der Waals surface area contributed by atoms with Crippen LogP contribution in [0.5, 0.6) is 0 Å². The molecule has 29 heavy (non-hydrogen) atoms. The molecule has 1 atom stereocenters. The van der Waals surface area contributed by atoms with Gasteiger partial charge in [0.2, 0.25) is 0 Å². The summed E-state index contributed by atoms with van der Waals surface area (Å²) in [5, 5.41) is 0. The van der Waals surface area contributed by atoms with Crippen molar-refractivity contribution in [1.29, 1.82) is 0 Å². The van der Waals surface area contributed by atoms with Crippen molar-refractivity contribution in [2.75, 3.05) is 23.0 Å². The van der Waals surface area contributed by atoms with Crippen LogP contribution < -0.4 is 4.90 Å². The second kappa shape index (κ2) is 9.37. The standard InChI is InChI=1S/C21H20BrNO5S/c22-17-6-4-5-16(13-17)9-10-21(25)28-14-20(24)23(18-7-2-1-3-8-18)19-11-12-29(26,27)15-19/h1-10,13,19H,11-12,14-15H2/b10-9+. The molecule has 0 aliphatic carbocycles. The van der Waals surface area contributed by atoms with Crippen LogP contribution in [0.4, 0.5) is 5.69 Å². The molecule has 152 valence electrons. The SMILES string of the molecule is O=C(/C=C/c1cccc(Br)c1)OCC(=O)N(c1ccccc1)C1CCS(=O)(=O)C1. The molecule has 0 radical (unpaired) electrons. The predicted octanol–water partition coefficient (Wildman–Crippen LogP) is 3.23. The summed E-state index contributed by atoms with van der Waals surface area (Å²) >= 11 is 3.35. The maximum absolute atomic E-state index is 12.8. The molecule has 0 N–H and O–H groups in total. The molecule has 1 heterocycles. The molecule has 1 fully saturated rings.